The monoisotopic (exact) mass is 226 g/mol. The quantitative estimate of drug-likeness (QED) is 0.767. The largest absolute Gasteiger partial charge is 0.478 e. The maximum absolute atomic E-state index is 5.59. The van der Waals surface area contributed by atoms with Gasteiger partial charge in [0.2, 0.25) is 0 Å². The van der Waals surface area contributed by atoms with Gasteiger partial charge in [-0.15, -0.1) is 0 Å². The molecule has 1 saturated heterocycles. The van der Waals surface area contributed by atoms with E-state index in [0.717, 1.165) is 25.4 Å². The van der Waals surface area contributed by atoms with Gasteiger partial charge < -0.3 is 15.4 Å². The molecule has 0 aromatic heterocycles. The van der Waals surface area contributed by atoms with Crippen molar-refractivity contribution < 1.29 is 4.74 Å². The maximum Gasteiger partial charge on any atom is 0.162 e. The highest BCUT2D eigenvalue weighted by atomic mass is 35.5. The summed E-state index contributed by atoms with van der Waals surface area (Å²) in [5.41, 5.74) is 1.17. The van der Waals surface area contributed by atoms with Crippen LogP contribution in [0.5, 0.6) is 5.75 Å². The third kappa shape index (κ3) is 2.62. The van der Waals surface area contributed by atoms with Gasteiger partial charge in [0.15, 0.2) is 6.07 Å². The van der Waals surface area contributed by atoms with Crippen molar-refractivity contribution in [2.24, 2.45) is 0 Å². The minimum absolute atomic E-state index is 0.192. The van der Waals surface area contributed by atoms with Crippen LogP contribution < -0.4 is 15.4 Å². The number of halogens is 1. The van der Waals surface area contributed by atoms with E-state index in [-0.39, 0.29) is 6.07 Å². The van der Waals surface area contributed by atoms with E-state index >= 15 is 0 Å². The smallest absolute Gasteiger partial charge is 0.162 e. The molecule has 1 unspecified atom stereocenters. The first-order valence-electron chi connectivity index (χ1n) is 5.13. The molecule has 0 radical (unpaired) electrons. The van der Waals surface area contributed by atoms with Crippen LogP contribution in [0.3, 0.4) is 0 Å². The Morgan fingerprint density at radius 2 is 2.20 bits per heavy atom. The molecule has 1 aromatic rings. The van der Waals surface area contributed by atoms with Crippen LogP contribution in [-0.2, 0) is 0 Å². The van der Waals surface area contributed by atoms with Gasteiger partial charge in [0.1, 0.15) is 5.75 Å². The number of nitrogens with one attached hydrogen (secondary N) is 2. The van der Waals surface area contributed by atoms with Gasteiger partial charge in [0.05, 0.1) is 0 Å². The van der Waals surface area contributed by atoms with Gasteiger partial charge in [-0.05, 0) is 6.07 Å². The van der Waals surface area contributed by atoms with E-state index in [9.17, 15) is 0 Å². The summed E-state index contributed by atoms with van der Waals surface area (Å²) in [6.45, 7) is 2.94. The molecule has 82 valence electrons. The lowest BCUT2D eigenvalue weighted by Gasteiger charge is -2.26. The second kappa shape index (κ2) is 5.35. The number of hydrogen-bond donors (Lipinski definition) is 2. The van der Waals surface area contributed by atoms with Gasteiger partial charge in [0.25, 0.3) is 0 Å². The summed E-state index contributed by atoms with van der Waals surface area (Å²) in [6.07, 6.45) is 0. The minimum Gasteiger partial charge on any atom is -0.478 e. The molecule has 0 saturated carbocycles. The molecule has 1 atom stereocenters. The van der Waals surface area contributed by atoms with Crippen LogP contribution in [-0.4, -0.2) is 25.7 Å². The Labute approximate surface area is 94.8 Å². The van der Waals surface area contributed by atoms with E-state index in [2.05, 4.69) is 16.7 Å². The number of hydrogen-bond acceptors (Lipinski definition) is 3. The van der Waals surface area contributed by atoms with E-state index in [1.807, 2.05) is 18.2 Å². The number of benzene rings is 1. The molecule has 0 bridgehead atoms. The third-order valence-electron chi connectivity index (χ3n) is 2.55. The SMILES string of the molecule is ClCOc1ccccc1C1CNCCN1. The van der Waals surface area contributed by atoms with E-state index in [0.29, 0.717) is 6.04 Å². The minimum atomic E-state index is 0.192. The second-order valence-electron chi connectivity index (χ2n) is 3.50. The summed E-state index contributed by atoms with van der Waals surface area (Å²) in [5, 5.41) is 6.80. The summed E-state index contributed by atoms with van der Waals surface area (Å²) in [5.74, 6) is 0.869. The van der Waals surface area contributed by atoms with Crippen molar-refractivity contribution in [3.63, 3.8) is 0 Å². The zero-order valence-electron chi connectivity index (χ0n) is 8.50. The molecular weight excluding hydrogens is 212 g/mol. The fraction of sp³-hybridized carbons (Fsp3) is 0.455. The summed E-state index contributed by atoms with van der Waals surface area (Å²) in [7, 11) is 0. The van der Waals surface area contributed by atoms with Crippen LogP contribution in [0.25, 0.3) is 0 Å². The zero-order chi connectivity index (χ0) is 10.5. The first kappa shape index (κ1) is 10.7. The fourth-order valence-electron chi connectivity index (χ4n) is 1.83. The molecule has 15 heavy (non-hydrogen) atoms. The first-order chi connectivity index (χ1) is 7.42. The molecule has 3 nitrogen and oxygen atoms in total. The van der Waals surface area contributed by atoms with Gasteiger partial charge in [-0.25, -0.2) is 0 Å². The number of para-hydroxylation sites is 1. The highest BCUT2D eigenvalue weighted by molar-refractivity contribution is 6.17. The molecule has 0 amide bonds. The molecule has 0 spiro atoms. The second-order valence-corrected chi connectivity index (χ2v) is 3.72. The van der Waals surface area contributed by atoms with Crippen LogP contribution in [0.1, 0.15) is 11.6 Å². The summed E-state index contributed by atoms with van der Waals surface area (Å²) in [4.78, 5) is 0. The molecule has 0 aliphatic carbocycles. The van der Waals surface area contributed by atoms with Crippen LogP contribution in [0, 0.1) is 0 Å². The Morgan fingerprint density at radius 3 is 2.93 bits per heavy atom. The molecule has 1 aliphatic heterocycles. The summed E-state index contributed by atoms with van der Waals surface area (Å²) >= 11 is 5.59. The molecule has 1 fully saturated rings. The lowest BCUT2D eigenvalue weighted by Crippen LogP contribution is -2.42. The van der Waals surface area contributed by atoms with Crippen molar-refractivity contribution in [1.82, 2.24) is 10.6 Å². The first-order valence-corrected chi connectivity index (χ1v) is 5.67. The predicted octanol–water partition coefficient (Wildman–Crippen LogP) is 1.50. The Balaban J connectivity index is 2.17. The maximum atomic E-state index is 5.59. The van der Waals surface area contributed by atoms with Gasteiger partial charge in [-0.2, -0.15) is 0 Å². The lowest BCUT2D eigenvalue weighted by atomic mass is 10.0. The van der Waals surface area contributed by atoms with Crippen molar-refractivity contribution in [2.45, 2.75) is 6.04 Å². The predicted molar refractivity (Wildman–Crippen MR) is 61.4 cm³/mol. The van der Waals surface area contributed by atoms with Crippen LogP contribution in [0.2, 0.25) is 0 Å². The van der Waals surface area contributed by atoms with Crippen LogP contribution >= 0.6 is 11.6 Å². The van der Waals surface area contributed by atoms with Gasteiger partial charge in [-0.1, -0.05) is 29.8 Å². The Kier molecular flexibility index (Phi) is 3.83. The van der Waals surface area contributed by atoms with Crippen molar-refractivity contribution in [2.75, 3.05) is 25.7 Å². The third-order valence-corrected chi connectivity index (χ3v) is 2.65. The van der Waals surface area contributed by atoms with Crippen molar-refractivity contribution in [3.05, 3.63) is 29.8 Å². The normalized spacial score (nSPS) is 21.3. The van der Waals surface area contributed by atoms with Gasteiger partial charge >= 0.3 is 0 Å². The van der Waals surface area contributed by atoms with Crippen LogP contribution in [0.4, 0.5) is 0 Å². The molecule has 2 rings (SSSR count). The molecule has 1 aromatic carbocycles. The van der Waals surface area contributed by atoms with Crippen molar-refractivity contribution in [3.8, 4) is 5.75 Å². The standard InChI is InChI=1S/C11H15ClN2O/c12-8-15-11-4-2-1-3-9(11)10-7-13-5-6-14-10/h1-4,10,13-14H,5-8H2. The summed E-state index contributed by atoms with van der Waals surface area (Å²) in [6, 6.07) is 8.52. The number of ether oxygens (including phenoxy) is 1. The Hall–Kier alpha value is -0.770. The Morgan fingerprint density at radius 1 is 1.33 bits per heavy atom. The molecular formula is C11H15ClN2O. The van der Waals surface area contributed by atoms with Gasteiger partial charge in [-0.3, -0.25) is 0 Å². The highest BCUT2D eigenvalue weighted by Gasteiger charge is 2.17. The molecule has 2 N–H and O–H groups in total. The topological polar surface area (TPSA) is 33.3 Å². The fourth-order valence-corrected chi connectivity index (χ4v) is 1.95. The summed E-state index contributed by atoms with van der Waals surface area (Å²) < 4.78 is 5.39. The molecule has 1 heterocycles. The van der Waals surface area contributed by atoms with E-state index in [4.69, 9.17) is 16.3 Å². The zero-order valence-corrected chi connectivity index (χ0v) is 9.26. The lowest BCUT2D eigenvalue weighted by molar-refractivity contribution is 0.364. The average Bonchev–Trinajstić information content (AvgIpc) is 2.31. The van der Waals surface area contributed by atoms with E-state index in [1.54, 1.807) is 0 Å². The number of rotatable bonds is 3. The number of piperazine rings is 1. The average molecular weight is 227 g/mol. The number of alkyl halides is 1. The molecule has 1 aliphatic rings. The highest BCUT2D eigenvalue weighted by Crippen LogP contribution is 2.25. The van der Waals surface area contributed by atoms with Crippen molar-refractivity contribution >= 4 is 11.6 Å². The van der Waals surface area contributed by atoms with Crippen molar-refractivity contribution in [1.29, 1.82) is 0 Å². The Bertz CT molecular complexity index is 313. The van der Waals surface area contributed by atoms with Crippen LogP contribution in [0.15, 0.2) is 24.3 Å². The van der Waals surface area contributed by atoms with E-state index < -0.39 is 0 Å². The van der Waals surface area contributed by atoms with Gasteiger partial charge in [0, 0.05) is 31.2 Å². The molecule has 4 heteroatoms. The van der Waals surface area contributed by atoms with E-state index in [1.165, 1.54) is 5.56 Å².